The van der Waals surface area contributed by atoms with E-state index in [4.69, 9.17) is 0 Å². The molecule has 2 aromatic rings. The second-order valence-electron chi connectivity index (χ2n) is 9.63. The van der Waals surface area contributed by atoms with Crippen molar-refractivity contribution in [3.63, 3.8) is 0 Å². The Morgan fingerprint density at radius 3 is 2.00 bits per heavy atom. The molecule has 1 saturated heterocycles. The van der Waals surface area contributed by atoms with Crippen LogP contribution in [-0.2, 0) is 4.79 Å². The van der Waals surface area contributed by atoms with Crippen LogP contribution in [0.2, 0.25) is 0 Å². The van der Waals surface area contributed by atoms with Crippen molar-refractivity contribution < 1.29 is 13.6 Å². The van der Waals surface area contributed by atoms with Crippen molar-refractivity contribution in [2.75, 3.05) is 38.5 Å². The highest BCUT2D eigenvalue weighted by atomic mass is 32.2. The second-order valence-corrected chi connectivity index (χ2v) is 11.0. The SMILES string of the molecule is C/C=C\C=C(/C)SCCCN1CCN(C(=O)CCCCC(c2ccc(F)cc2)c2ccc(F)cc2)CC1.CC. The molecule has 0 saturated carbocycles. The summed E-state index contributed by atoms with van der Waals surface area (Å²) in [6.45, 7) is 12.8. The minimum absolute atomic E-state index is 0.0559. The third-order valence-electron chi connectivity index (χ3n) is 6.87. The fourth-order valence-corrected chi connectivity index (χ4v) is 5.49. The number of nitrogens with zero attached hydrogens (tertiary/aromatic N) is 2. The summed E-state index contributed by atoms with van der Waals surface area (Å²) < 4.78 is 26.9. The van der Waals surface area contributed by atoms with E-state index in [9.17, 15) is 13.6 Å². The largest absolute Gasteiger partial charge is 0.340 e. The van der Waals surface area contributed by atoms with Crippen molar-refractivity contribution in [3.8, 4) is 0 Å². The monoisotopic (exact) mass is 556 g/mol. The fourth-order valence-electron chi connectivity index (χ4n) is 4.72. The highest BCUT2D eigenvalue weighted by Crippen LogP contribution is 2.30. The molecule has 1 aliphatic rings. The number of hydrogen-bond donors (Lipinski definition) is 0. The molecule has 1 fully saturated rings. The first-order valence-electron chi connectivity index (χ1n) is 14.4. The van der Waals surface area contributed by atoms with E-state index < -0.39 is 0 Å². The molecule has 0 bridgehead atoms. The second kappa shape index (κ2) is 18.8. The molecule has 3 rings (SSSR count). The Kier molecular flexibility index (Phi) is 15.8. The van der Waals surface area contributed by atoms with Crippen molar-refractivity contribution in [3.05, 3.63) is 94.4 Å². The molecule has 0 aliphatic carbocycles. The highest BCUT2D eigenvalue weighted by molar-refractivity contribution is 8.03. The Balaban J connectivity index is 0.00000260. The minimum atomic E-state index is -0.265. The molecular weight excluding hydrogens is 510 g/mol. The number of carbonyl (C=O) groups is 1. The number of amides is 1. The lowest BCUT2D eigenvalue weighted by molar-refractivity contribution is -0.133. The summed E-state index contributed by atoms with van der Waals surface area (Å²) in [4.78, 5) is 18.6. The van der Waals surface area contributed by atoms with Gasteiger partial charge in [0.05, 0.1) is 0 Å². The summed E-state index contributed by atoms with van der Waals surface area (Å²) in [5.74, 6) is 0.882. The standard InChI is InChI=1S/C31H40F2N2OS.C2H6/c1-3-4-8-25(2)37-24-7-19-34-20-22-35(23-21-34)31(36)10-6-5-9-30(26-11-15-28(32)16-12-26)27-13-17-29(33)18-14-27;1-2/h3-4,8,11-18,30H,5-7,9-10,19-24H2,1-2H3;1-2H3/b4-3-,25-8+;. The number of hydrogen-bond acceptors (Lipinski definition) is 3. The van der Waals surface area contributed by atoms with Crippen LogP contribution in [0.5, 0.6) is 0 Å². The number of piperazine rings is 1. The first-order chi connectivity index (χ1) is 19.0. The smallest absolute Gasteiger partial charge is 0.222 e. The van der Waals surface area contributed by atoms with Crippen LogP contribution in [0.1, 0.15) is 76.8 Å². The predicted octanol–water partition coefficient (Wildman–Crippen LogP) is 8.43. The Bertz CT molecular complexity index is 968. The van der Waals surface area contributed by atoms with Gasteiger partial charge in [0.1, 0.15) is 11.6 Å². The van der Waals surface area contributed by atoms with Gasteiger partial charge in [-0.15, -0.1) is 11.8 Å². The van der Waals surface area contributed by atoms with E-state index in [0.29, 0.717) is 6.42 Å². The maximum atomic E-state index is 13.4. The van der Waals surface area contributed by atoms with Crippen LogP contribution in [0.3, 0.4) is 0 Å². The molecule has 0 unspecified atom stereocenters. The Hall–Kier alpha value is -2.44. The van der Waals surface area contributed by atoms with Crippen LogP contribution in [0.25, 0.3) is 0 Å². The lowest BCUT2D eigenvalue weighted by Gasteiger charge is -2.34. The lowest BCUT2D eigenvalue weighted by atomic mass is 9.87. The maximum absolute atomic E-state index is 13.4. The van der Waals surface area contributed by atoms with E-state index in [2.05, 4.69) is 24.0 Å². The molecule has 1 aliphatic heterocycles. The maximum Gasteiger partial charge on any atom is 0.222 e. The van der Waals surface area contributed by atoms with Gasteiger partial charge in [-0.3, -0.25) is 9.69 Å². The average Bonchev–Trinajstić information content (AvgIpc) is 2.97. The molecule has 0 N–H and O–H groups in total. The fraction of sp³-hybridized carbons (Fsp3) is 0.485. The quantitative estimate of drug-likeness (QED) is 0.183. The van der Waals surface area contributed by atoms with Crippen molar-refractivity contribution in [1.82, 2.24) is 9.80 Å². The lowest BCUT2D eigenvalue weighted by Crippen LogP contribution is -2.48. The predicted molar refractivity (Wildman–Crippen MR) is 163 cm³/mol. The van der Waals surface area contributed by atoms with Crippen LogP contribution in [0.4, 0.5) is 8.78 Å². The van der Waals surface area contributed by atoms with Crippen molar-refractivity contribution >= 4 is 17.7 Å². The van der Waals surface area contributed by atoms with E-state index >= 15 is 0 Å². The number of rotatable bonds is 13. The number of benzene rings is 2. The minimum Gasteiger partial charge on any atom is -0.340 e. The Morgan fingerprint density at radius 1 is 0.897 bits per heavy atom. The van der Waals surface area contributed by atoms with Gasteiger partial charge in [-0.05, 0) is 85.7 Å². The molecule has 6 heteroatoms. The molecule has 0 aromatic heterocycles. The number of allylic oxidation sites excluding steroid dienone is 4. The zero-order valence-corrected chi connectivity index (χ0v) is 25.0. The van der Waals surface area contributed by atoms with Gasteiger partial charge in [0.2, 0.25) is 5.91 Å². The summed E-state index contributed by atoms with van der Waals surface area (Å²) >= 11 is 1.91. The highest BCUT2D eigenvalue weighted by Gasteiger charge is 2.21. The molecule has 1 amide bonds. The van der Waals surface area contributed by atoms with E-state index in [1.54, 1.807) is 24.3 Å². The molecule has 0 radical (unpaired) electrons. The molecule has 214 valence electrons. The van der Waals surface area contributed by atoms with Crippen LogP contribution in [0, 0.1) is 11.6 Å². The first-order valence-corrected chi connectivity index (χ1v) is 15.4. The van der Waals surface area contributed by atoms with E-state index in [0.717, 1.165) is 75.3 Å². The van der Waals surface area contributed by atoms with Crippen molar-refractivity contribution in [2.24, 2.45) is 0 Å². The van der Waals surface area contributed by atoms with Crippen LogP contribution in [-0.4, -0.2) is 54.2 Å². The third-order valence-corrected chi connectivity index (χ3v) is 7.96. The normalized spacial score (nSPS) is 14.5. The van der Waals surface area contributed by atoms with Crippen LogP contribution in [0.15, 0.2) is 71.7 Å². The summed E-state index contributed by atoms with van der Waals surface area (Å²) in [6, 6.07) is 13.1. The zero-order chi connectivity index (χ0) is 28.5. The average molecular weight is 557 g/mol. The van der Waals surface area contributed by atoms with Gasteiger partial charge in [-0.2, -0.15) is 0 Å². The van der Waals surface area contributed by atoms with E-state index in [-0.39, 0.29) is 23.5 Å². The molecule has 0 atom stereocenters. The number of carbonyl (C=O) groups excluding carboxylic acids is 1. The summed E-state index contributed by atoms with van der Waals surface area (Å²) in [6.07, 6.45) is 10.5. The molecule has 3 nitrogen and oxygen atoms in total. The summed E-state index contributed by atoms with van der Waals surface area (Å²) in [5.41, 5.74) is 2.02. The van der Waals surface area contributed by atoms with Gasteiger partial charge < -0.3 is 4.90 Å². The number of unbranched alkanes of at least 4 members (excludes halogenated alkanes) is 1. The zero-order valence-electron chi connectivity index (χ0n) is 24.2. The Morgan fingerprint density at radius 2 is 1.46 bits per heavy atom. The number of halogens is 2. The van der Waals surface area contributed by atoms with Crippen LogP contribution < -0.4 is 0 Å². The molecular formula is C33H46F2N2OS. The van der Waals surface area contributed by atoms with Gasteiger partial charge in [0.25, 0.3) is 0 Å². The van der Waals surface area contributed by atoms with Gasteiger partial charge in [0, 0.05) is 38.5 Å². The van der Waals surface area contributed by atoms with Gasteiger partial charge in [-0.1, -0.05) is 62.8 Å². The van der Waals surface area contributed by atoms with Crippen molar-refractivity contribution in [1.29, 1.82) is 0 Å². The van der Waals surface area contributed by atoms with Gasteiger partial charge >= 0.3 is 0 Å². The third kappa shape index (κ3) is 12.1. The molecule has 39 heavy (non-hydrogen) atoms. The molecule has 1 heterocycles. The summed E-state index contributed by atoms with van der Waals surface area (Å²) in [7, 11) is 0. The van der Waals surface area contributed by atoms with E-state index in [1.165, 1.54) is 29.2 Å². The summed E-state index contributed by atoms with van der Waals surface area (Å²) in [5, 5.41) is 0. The van der Waals surface area contributed by atoms with Gasteiger partial charge in [-0.25, -0.2) is 8.78 Å². The topological polar surface area (TPSA) is 23.6 Å². The van der Waals surface area contributed by atoms with Gasteiger partial charge in [0.15, 0.2) is 0 Å². The number of thioether (sulfide) groups is 1. The van der Waals surface area contributed by atoms with Crippen LogP contribution >= 0.6 is 11.8 Å². The first kappa shape index (κ1) is 32.8. The van der Waals surface area contributed by atoms with Crippen molar-refractivity contribution in [2.45, 2.75) is 65.7 Å². The Labute approximate surface area is 239 Å². The molecule has 2 aromatic carbocycles. The molecule has 0 spiro atoms. The van der Waals surface area contributed by atoms with E-state index in [1.807, 2.05) is 43.5 Å².